The molecule has 0 radical (unpaired) electrons. The highest BCUT2D eigenvalue weighted by molar-refractivity contribution is 5.32. The largest absolute Gasteiger partial charge is 0.416 e. The first-order chi connectivity index (χ1) is 12.0. The van der Waals surface area contributed by atoms with E-state index in [2.05, 4.69) is 10.4 Å². The van der Waals surface area contributed by atoms with Gasteiger partial charge in [0.25, 0.3) is 5.56 Å². The number of aryl methyl sites for hydroxylation is 1. The third-order valence-corrected chi connectivity index (χ3v) is 4.03. The van der Waals surface area contributed by atoms with Crippen LogP contribution in [0.2, 0.25) is 0 Å². The molecule has 0 saturated carbocycles. The molecule has 0 spiro atoms. The summed E-state index contributed by atoms with van der Waals surface area (Å²) in [6, 6.07) is 4.55. The zero-order valence-electron chi connectivity index (χ0n) is 14.8. The van der Waals surface area contributed by atoms with Gasteiger partial charge in [-0.15, -0.1) is 5.10 Å². The SMILES string of the molecule is CN(C)C(CNc1nn(C)c(=O)n(C)c1=O)c1ccc(C(F)(F)F)cc1. The molecule has 0 aliphatic carbocycles. The van der Waals surface area contributed by atoms with Crippen LogP contribution in [0.1, 0.15) is 17.2 Å². The minimum Gasteiger partial charge on any atom is -0.362 e. The first-order valence-electron chi connectivity index (χ1n) is 7.74. The Hall–Kier alpha value is -2.62. The van der Waals surface area contributed by atoms with Crippen LogP contribution in [-0.4, -0.2) is 39.9 Å². The second-order valence-corrected chi connectivity index (χ2v) is 6.10. The minimum atomic E-state index is -4.39. The van der Waals surface area contributed by atoms with Crippen molar-refractivity contribution in [2.24, 2.45) is 14.1 Å². The van der Waals surface area contributed by atoms with Crippen LogP contribution < -0.4 is 16.6 Å². The molecule has 10 heteroatoms. The number of rotatable bonds is 5. The van der Waals surface area contributed by atoms with Gasteiger partial charge in [-0.2, -0.15) is 13.2 Å². The van der Waals surface area contributed by atoms with E-state index < -0.39 is 23.0 Å². The van der Waals surface area contributed by atoms with E-state index in [0.29, 0.717) is 5.56 Å². The van der Waals surface area contributed by atoms with E-state index in [1.807, 2.05) is 4.90 Å². The summed E-state index contributed by atoms with van der Waals surface area (Å²) in [5, 5.41) is 6.78. The van der Waals surface area contributed by atoms with Crippen LogP contribution in [-0.2, 0) is 20.3 Å². The van der Waals surface area contributed by atoms with Gasteiger partial charge in [0, 0.05) is 20.6 Å². The maximum absolute atomic E-state index is 12.7. The minimum absolute atomic E-state index is 0.00615. The predicted molar refractivity (Wildman–Crippen MR) is 91.1 cm³/mol. The number of anilines is 1. The number of hydrogen-bond donors (Lipinski definition) is 1. The summed E-state index contributed by atoms with van der Waals surface area (Å²) in [4.78, 5) is 25.6. The van der Waals surface area contributed by atoms with Crippen LogP contribution >= 0.6 is 0 Å². The van der Waals surface area contributed by atoms with Crippen molar-refractivity contribution in [1.29, 1.82) is 0 Å². The lowest BCUT2D eigenvalue weighted by Gasteiger charge is -2.25. The molecule has 0 fully saturated rings. The molecule has 1 aromatic carbocycles. The van der Waals surface area contributed by atoms with E-state index >= 15 is 0 Å². The molecule has 26 heavy (non-hydrogen) atoms. The molecule has 7 nitrogen and oxygen atoms in total. The molecule has 0 bridgehead atoms. The normalized spacial score (nSPS) is 13.1. The van der Waals surface area contributed by atoms with Crippen molar-refractivity contribution < 1.29 is 13.2 Å². The Kier molecular flexibility index (Phi) is 5.55. The van der Waals surface area contributed by atoms with Gasteiger partial charge in [0.2, 0.25) is 5.82 Å². The Morgan fingerprint density at radius 2 is 1.73 bits per heavy atom. The highest BCUT2D eigenvalue weighted by Crippen LogP contribution is 2.30. The number of halogens is 3. The molecule has 1 N–H and O–H groups in total. The van der Waals surface area contributed by atoms with Gasteiger partial charge >= 0.3 is 11.9 Å². The molecule has 2 rings (SSSR count). The number of hydrogen-bond acceptors (Lipinski definition) is 5. The van der Waals surface area contributed by atoms with Crippen molar-refractivity contribution >= 4 is 5.82 Å². The topological polar surface area (TPSA) is 72.2 Å². The highest BCUT2D eigenvalue weighted by atomic mass is 19.4. The standard InChI is InChI=1S/C16H20F3N5O2/c1-22(2)12(10-5-7-11(8-6-10)16(17,18)19)9-20-13-14(25)23(3)15(26)24(4)21-13/h5-8,12H,9H2,1-4H3,(H,20,21). The van der Waals surface area contributed by atoms with Crippen LogP contribution in [0.15, 0.2) is 33.9 Å². The molecule has 0 aliphatic rings. The number of likely N-dealkylation sites (N-methyl/N-ethyl adjacent to an activating group) is 1. The lowest BCUT2D eigenvalue weighted by Crippen LogP contribution is -2.40. The Bertz CT molecular complexity index is 885. The first kappa shape index (κ1) is 19.7. The van der Waals surface area contributed by atoms with Crippen molar-refractivity contribution in [2.75, 3.05) is 26.0 Å². The van der Waals surface area contributed by atoms with Crippen LogP contribution in [0.5, 0.6) is 0 Å². The summed E-state index contributed by atoms with van der Waals surface area (Å²) in [6.45, 7) is 0.221. The zero-order chi connectivity index (χ0) is 19.6. The molecule has 0 amide bonds. The van der Waals surface area contributed by atoms with E-state index in [1.54, 1.807) is 14.1 Å². The molecule has 1 aromatic heterocycles. The van der Waals surface area contributed by atoms with Crippen molar-refractivity contribution in [3.63, 3.8) is 0 Å². The molecule has 1 heterocycles. The molecule has 2 aromatic rings. The molecular weight excluding hydrogens is 351 g/mol. The summed E-state index contributed by atoms with van der Waals surface area (Å²) >= 11 is 0. The maximum Gasteiger partial charge on any atom is 0.416 e. The second-order valence-electron chi connectivity index (χ2n) is 6.10. The monoisotopic (exact) mass is 371 g/mol. The third-order valence-electron chi connectivity index (χ3n) is 4.03. The third kappa shape index (κ3) is 4.13. The second kappa shape index (κ2) is 7.32. The summed E-state index contributed by atoms with van der Waals surface area (Å²) in [5.74, 6) is -0.00615. The lowest BCUT2D eigenvalue weighted by molar-refractivity contribution is -0.137. The van der Waals surface area contributed by atoms with Gasteiger partial charge in [-0.05, 0) is 31.8 Å². The molecule has 142 valence electrons. The van der Waals surface area contributed by atoms with Gasteiger partial charge < -0.3 is 10.2 Å². The van der Waals surface area contributed by atoms with E-state index in [0.717, 1.165) is 21.4 Å². The van der Waals surface area contributed by atoms with Gasteiger partial charge in [-0.25, -0.2) is 9.48 Å². The fraction of sp³-hybridized carbons (Fsp3) is 0.438. The number of nitrogens with zero attached hydrogens (tertiary/aromatic N) is 4. The van der Waals surface area contributed by atoms with Gasteiger partial charge in [0.15, 0.2) is 0 Å². The van der Waals surface area contributed by atoms with Gasteiger partial charge in [0.05, 0.1) is 11.6 Å². The van der Waals surface area contributed by atoms with Crippen molar-refractivity contribution in [3.8, 4) is 0 Å². The molecule has 0 saturated heterocycles. The van der Waals surface area contributed by atoms with Gasteiger partial charge in [0.1, 0.15) is 0 Å². The zero-order valence-corrected chi connectivity index (χ0v) is 14.8. The van der Waals surface area contributed by atoms with Crippen LogP contribution in [0, 0.1) is 0 Å². The first-order valence-corrected chi connectivity index (χ1v) is 7.74. The summed E-state index contributed by atoms with van der Waals surface area (Å²) < 4.78 is 40.1. The summed E-state index contributed by atoms with van der Waals surface area (Å²) in [5.41, 5.74) is -1.19. The number of benzene rings is 1. The summed E-state index contributed by atoms with van der Waals surface area (Å²) in [7, 11) is 6.32. The fourth-order valence-electron chi connectivity index (χ4n) is 2.50. The summed E-state index contributed by atoms with van der Waals surface area (Å²) in [6.07, 6.45) is -4.39. The van der Waals surface area contributed by atoms with Crippen molar-refractivity contribution in [1.82, 2.24) is 19.2 Å². The van der Waals surface area contributed by atoms with Crippen LogP contribution in [0.3, 0.4) is 0 Å². The molecule has 0 aliphatic heterocycles. The maximum atomic E-state index is 12.7. The molecule has 1 atom stereocenters. The average molecular weight is 371 g/mol. The highest BCUT2D eigenvalue weighted by Gasteiger charge is 2.30. The molecule has 1 unspecified atom stereocenters. The smallest absolute Gasteiger partial charge is 0.362 e. The van der Waals surface area contributed by atoms with E-state index in [-0.39, 0.29) is 18.4 Å². The average Bonchev–Trinajstić information content (AvgIpc) is 2.57. The number of alkyl halides is 3. The Balaban J connectivity index is 2.25. The van der Waals surface area contributed by atoms with E-state index in [9.17, 15) is 22.8 Å². The Morgan fingerprint density at radius 1 is 1.15 bits per heavy atom. The number of nitrogens with one attached hydrogen (secondary N) is 1. The van der Waals surface area contributed by atoms with Crippen molar-refractivity contribution in [3.05, 3.63) is 56.2 Å². The fourth-order valence-corrected chi connectivity index (χ4v) is 2.50. The Labute approximate surface area is 147 Å². The molecular formula is C16H20F3N5O2. The quantitative estimate of drug-likeness (QED) is 0.856. The predicted octanol–water partition coefficient (Wildman–Crippen LogP) is 1.21. The van der Waals surface area contributed by atoms with Gasteiger partial charge in [-0.3, -0.25) is 9.36 Å². The van der Waals surface area contributed by atoms with Gasteiger partial charge in [-0.1, -0.05) is 12.1 Å². The van der Waals surface area contributed by atoms with E-state index in [4.69, 9.17) is 0 Å². The lowest BCUT2D eigenvalue weighted by atomic mass is 10.0. The van der Waals surface area contributed by atoms with Crippen LogP contribution in [0.25, 0.3) is 0 Å². The number of aromatic nitrogens is 3. The van der Waals surface area contributed by atoms with Crippen molar-refractivity contribution in [2.45, 2.75) is 12.2 Å². The van der Waals surface area contributed by atoms with Crippen LogP contribution in [0.4, 0.5) is 19.0 Å². The van der Waals surface area contributed by atoms with E-state index in [1.165, 1.54) is 26.2 Å². The Morgan fingerprint density at radius 3 is 2.23 bits per heavy atom.